The van der Waals surface area contributed by atoms with Crippen LogP contribution in [0.1, 0.15) is 18.1 Å². The van der Waals surface area contributed by atoms with Crippen LogP contribution in [0.3, 0.4) is 0 Å². The van der Waals surface area contributed by atoms with Crippen molar-refractivity contribution in [2.75, 3.05) is 6.61 Å². The van der Waals surface area contributed by atoms with Crippen molar-refractivity contribution in [3.8, 4) is 5.75 Å². The smallest absolute Gasteiger partial charge is 0.276 e. The summed E-state index contributed by atoms with van der Waals surface area (Å²) in [6.45, 7) is 5.37. The van der Waals surface area contributed by atoms with Gasteiger partial charge in [0, 0.05) is 17.0 Å². The van der Waals surface area contributed by atoms with Gasteiger partial charge in [0.05, 0.1) is 10.2 Å². The SMILES string of the molecule is Cc1ccc(OCC(=O)NNC(=O)C(C)Sc2ccc([N+](=O)[O-])cc2)cc1C. The number of carbonyl (C=O) groups is 2. The van der Waals surface area contributed by atoms with Gasteiger partial charge in [-0.25, -0.2) is 0 Å². The fourth-order valence-electron chi connectivity index (χ4n) is 2.13. The maximum atomic E-state index is 12.1. The lowest BCUT2D eigenvalue weighted by molar-refractivity contribution is -0.384. The van der Waals surface area contributed by atoms with Crippen LogP contribution in [0, 0.1) is 24.0 Å². The minimum absolute atomic E-state index is 0.0162. The van der Waals surface area contributed by atoms with Crippen LogP contribution >= 0.6 is 11.8 Å². The highest BCUT2D eigenvalue weighted by atomic mass is 32.2. The third-order valence-electron chi connectivity index (χ3n) is 3.90. The summed E-state index contributed by atoms with van der Waals surface area (Å²) in [6.07, 6.45) is 0. The number of ether oxygens (including phenoxy) is 1. The van der Waals surface area contributed by atoms with Gasteiger partial charge < -0.3 is 4.74 Å². The summed E-state index contributed by atoms with van der Waals surface area (Å²) in [5, 5.41) is 10.1. The first-order valence-electron chi connectivity index (χ1n) is 8.46. The fourth-order valence-corrected chi connectivity index (χ4v) is 2.99. The predicted octanol–water partition coefficient (Wildman–Crippen LogP) is 2.92. The van der Waals surface area contributed by atoms with Crippen LogP contribution in [0.25, 0.3) is 0 Å². The second-order valence-electron chi connectivity index (χ2n) is 6.08. The van der Waals surface area contributed by atoms with Crippen molar-refractivity contribution >= 4 is 29.3 Å². The number of nitrogens with one attached hydrogen (secondary N) is 2. The average molecular weight is 403 g/mol. The topological polar surface area (TPSA) is 111 Å². The second-order valence-corrected chi connectivity index (χ2v) is 7.50. The highest BCUT2D eigenvalue weighted by Crippen LogP contribution is 2.25. The van der Waals surface area contributed by atoms with E-state index in [0.717, 1.165) is 11.1 Å². The minimum Gasteiger partial charge on any atom is -0.484 e. The molecule has 2 amide bonds. The Morgan fingerprint density at radius 1 is 1.11 bits per heavy atom. The normalized spacial score (nSPS) is 11.4. The van der Waals surface area contributed by atoms with Gasteiger partial charge in [-0.2, -0.15) is 0 Å². The molecule has 0 spiro atoms. The number of non-ortho nitro benzene ring substituents is 1. The number of aryl methyl sites for hydroxylation is 2. The maximum absolute atomic E-state index is 12.1. The number of rotatable bonds is 7. The van der Waals surface area contributed by atoms with Crippen molar-refractivity contribution < 1.29 is 19.2 Å². The molecule has 0 heterocycles. The van der Waals surface area contributed by atoms with E-state index in [9.17, 15) is 19.7 Å². The van der Waals surface area contributed by atoms with Crippen LogP contribution in [0.4, 0.5) is 5.69 Å². The molecule has 2 aromatic carbocycles. The summed E-state index contributed by atoms with van der Waals surface area (Å²) in [6, 6.07) is 11.4. The number of thioether (sulfide) groups is 1. The van der Waals surface area contributed by atoms with Crippen molar-refractivity contribution in [2.24, 2.45) is 0 Å². The summed E-state index contributed by atoms with van der Waals surface area (Å²) in [7, 11) is 0. The van der Waals surface area contributed by atoms with Crippen LogP contribution in [0.15, 0.2) is 47.4 Å². The number of amides is 2. The predicted molar refractivity (Wildman–Crippen MR) is 106 cm³/mol. The first-order chi connectivity index (χ1) is 13.3. The highest BCUT2D eigenvalue weighted by molar-refractivity contribution is 8.00. The molecule has 0 aliphatic carbocycles. The quantitative estimate of drug-likeness (QED) is 0.418. The molecule has 0 saturated heterocycles. The van der Waals surface area contributed by atoms with Gasteiger partial charge in [-0.1, -0.05) is 6.07 Å². The number of hydrogen-bond acceptors (Lipinski definition) is 6. The van der Waals surface area contributed by atoms with E-state index in [1.54, 1.807) is 25.1 Å². The molecule has 0 bridgehead atoms. The third-order valence-corrected chi connectivity index (χ3v) is 5.02. The molecule has 8 nitrogen and oxygen atoms in total. The molecule has 2 N–H and O–H groups in total. The molecule has 2 rings (SSSR count). The number of nitrogens with zero attached hydrogens (tertiary/aromatic N) is 1. The van der Waals surface area contributed by atoms with E-state index >= 15 is 0 Å². The lowest BCUT2D eigenvalue weighted by Gasteiger charge is -2.13. The summed E-state index contributed by atoms with van der Waals surface area (Å²) < 4.78 is 5.40. The Morgan fingerprint density at radius 3 is 2.39 bits per heavy atom. The molecule has 0 radical (unpaired) electrons. The lowest BCUT2D eigenvalue weighted by atomic mass is 10.1. The van der Waals surface area contributed by atoms with E-state index in [4.69, 9.17) is 4.74 Å². The molecule has 0 aliphatic heterocycles. The Morgan fingerprint density at radius 2 is 1.79 bits per heavy atom. The molecule has 0 aromatic heterocycles. The van der Waals surface area contributed by atoms with Crippen molar-refractivity contribution in [3.63, 3.8) is 0 Å². The van der Waals surface area contributed by atoms with Crippen LogP contribution in [-0.2, 0) is 9.59 Å². The fraction of sp³-hybridized carbons (Fsp3) is 0.263. The zero-order chi connectivity index (χ0) is 20.7. The number of nitro groups is 1. The van der Waals surface area contributed by atoms with E-state index in [1.165, 1.54) is 23.9 Å². The Hall–Kier alpha value is -3.07. The van der Waals surface area contributed by atoms with Crippen LogP contribution < -0.4 is 15.6 Å². The van der Waals surface area contributed by atoms with Crippen molar-refractivity contribution in [1.29, 1.82) is 0 Å². The van der Waals surface area contributed by atoms with Gasteiger partial charge >= 0.3 is 0 Å². The molecular weight excluding hydrogens is 382 g/mol. The van der Waals surface area contributed by atoms with Gasteiger partial charge in [0.15, 0.2) is 6.61 Å². The lowest BCUT2D eigenvalue weighted by Crippen LogP contribution is -2.46. The van der Waals surface area contributed by atoms with Gasteiger partial charge in [0.2, 0.25) is 0 Å². The average Bonchev–Trinajstić information content (AvgIpc) is 2.67. The molecular formula is C19H21N3O5S. The van der Waals surface area contributed by atoms with Gasteiger partial charge in [0.1, 0.15) is 5.75 Å². The Labute approximate surface area is 166 Å². The first-order valence-corrected chi connectivity index (χ1v) is 9.34. The molecule has 0 saturated carbocycles. The minimum atomic E-state index is -0.512. The van der Waals surface area contributed by atoms with E-state index in [1.807, 2.05) is 26.0 Å². The molecule has 9 heteroatoms. The van der Waals surface area contributed by atoms with Crippen molar-refractivity contribution in [3.05, 3.63) is 63.7 Å². The van der Waals surface area contributed by atoms with Crippen molar-refractivity contribution in [1.82, 2.24) is 10.9 Å². The third kappa shape index (κ3) is 6.27. The standard InChI is InChI=1S/C19H21N3O5S/c1-12-4-7-16(10-13(12)2)27-11-18(23)20-21-19(24)14(3)28-17-8-5-15(6-9-17)22(25)26/h4-10,14H,11H2,1-3H3,(H,20,23)(H,21,24). The summed E-state index contributed by atoms with van der Waals surface area (Å²) in [5.74, 6) is -0.311. The Bertz CT molecular complexity index is 870. The molecule has 0 aliphatic rings. The summed E-state index contributed by atoms with van der Waals surface area (Å²) in [5.41, 5.74) is 6.82. The monoisotopic (exact) mass is 403 g/mol. The maximum Gasteiger partial charge on any atom is 0.276 e. The van der Waals surface area contributed by atoms with Crippen molar-refractivity contribution in [2.45, 2.75) is 30.9 Å². The van der Waals surface area contributed by atoms with Gasteiger partial charge in [-0.3, -0.25) is 30.6 Å². The van der Waals surface area contributed by atoms with E-state index in [0.29, 0.717) is 10.6 Å². The molecule has 148 valence electrons. The van der Waals surface area contributed by atoms with E-state index < -0.39 is 22.0 Å². The van der Waals surface area contributed by atoms with Gasteiger partial charge in [0.25, 0.3) is 17.5 Å². The number of hydrogen-bond donors (Lipinski definition) is 2. The highest BCUT2D eigenvalue weighted by Gasteiger charge is 2.16. The molecule has 2 aromatic rings. The van der Waals surface area contributed by atoms with Crippen LogP contribution in [0.5, 0.6) is 5.75 Å². The zero-order valence-corrected chi connectivity index (χ0v) is 16.5. The van der Waals surface area contributed by atoms with Crippen LogP contribution in [0.2, 0.25) is 0 Å². The molecule has 0 fully saturated rings. The van der Waals surface area contributed by atoms with E-state index in [2.05, 4.69) is 10.9 Å². The molecule has 1 atom stereocenters. The second kappa shape index (κ2) is 9.75. The molecule has 1 unspecified atom stereocenters. The Kier molecular flexibility index (Phi) is 7.39. The van der Waals surface area contributed by atoms with Crippen LogP contribution in [-0.4, -0.2) is 28.6 Å². The first kappa shape index (κ1) is 21.2. The van der Waals surface area contributed by atoms with E-state index in [-0.39, 0.29) is 12.3 Å². The summed E-state index contributed by atoms with van der Waals surface area (Å²) in [4.78, 5) is 34.8. The zero-order valence-electron chi connectivity index (χ0n) is 15.7. The van der Waals surface area contributed by atoms with Gasteiger partial charge in [-0.15, -0.1) is 11.8 Å². The number of carbonyl (C=O) groups excluding carboxylic acids is 2. The Balaban J connectivity index is 1.76. The largest absolute Gasteiger partial charge is 0.484 e. The number of nitro benzene ring substituents is 1. The van der Waals surface area contributed by atoms with Gasteiger partial charge in [-0.05, 0) is 56.2 Å². The number of hydrazine groups is 1. The summed E-state index contributed by atoms with van der Waals surface area (Å²) >= 11 is 1.22. The molecule has 28 heavy (non-hydrogen) atoms. The number of benzene rings is 2.